The Morgan fingerprint density at radius 1 is 0.810 bits per heavy atom. The van der Waals surface area contributed by atoms with Gasteiger partial charge in [-0.15, -0.1) is 0 Å². The summed E-state index contributed by atoms with van der Waals surface area (Å²) in [4.78, 5) is 0. The summed E-state index contributed by atoms with van der Waals surface area (Å²) in [7, 11) is -0.767. The molecule has 0 amide bonds. The molecule has 1 N–H and O–H groups in total. The van der Waals surface area contributed by atoms with Crippen LogP contribution in [0.25, 0.3) is 0 Å². The van der Waals surface area contributed by atoms with Crippen LogP contribution < -0.4 is 5.32 Å². The Bertz CT molecular complexity index is 219. The van der Waals surface area contributed by atoms with Crippen LogP contribution in [-0.4, -0.2) is 46.5 Å². The van der Waals surface area contributed by atoms with Gasteiger partial charge < -0.3 is 9.88 Å². The van der Waals surface area contributed by atoms with Gasteiger partial charge in [0.25, 0.3) is 0 Å². The fourth-order valence-corrected chi connectivity index (χ4v) is 8.84. The molecule has 0 heterocycles. The van der Waals surface area contributed by atoms with Crippen LogP contribution in [0.4, 0.5) is 0 Å². The van der Waals surface area contributed by atoms with Crippen molar-refractivity contribution < 1.29 is 0 Å². The molecule has 0 fully saturated rings. The maximum Gasteiger partial charge on any atom is 0.0953 e. The zero-order chi connectivity index (χ0) is 17.2. The topological polar surface area (TPSA) is 15.3 Å². The molecule has 0 saturated carbocycles. The fourth-order valence-electron chi connectivity index (χ4n) is 2.57. The van der Waals surface area contributed by atoms with Crippen molar-refractivity contribution in [1.29, 1.82) is 0 Å². The first-order chi connectivity index (χ1) is 9.36. The number of nitrogens with zero attached hydrogens (tertiary/aromatic N) is 1. The average Bonchev–Trinajstić information content (AvgIpc) is 2.20. The summed E-state index contributed by atoms with van der Waals surface area (Å²) in [6, 6.07) is 5.80. The first-order valence-electron chi connectivity index (χ1n) is 8.88. The van der Waals surface area contributed by atoms with Crippen LogP contribution in [0.15, 0.2) is 0 Å². The smallest absolute Gasteiger partial charge is 0.0953 e. The van der Waals surface area contributed by atoms with Crippen molar-refractivity contribution in [3.8, 4) is 0 Å². The molecule has 0 saturated heterocycles. The highest BCUT2D eigenvalue weighted by atomic mass is 28.3. The fraction of sp³-hybridized carbons (Fsp3) is 1.00. The third-order valence-corrected chi connectivity index (χ3v) is 8.54. The molecule has 0 aliphatic carbocycles. The summed E-state index contributed by atoms with van der Waals surface area (Å²) in [6.45, 7) is 25.4. The lowest BCUT2D eigenvalue weighted by Gasteiger charge is -2.31. The minimum absolute atomic E-state index is 0.0186. The van der Waals surface area contributed by atoms with E-state index in [1.165, 1.54) is 12.1 Å². The predicted octanol–water partition coefficient (Wildman–Crippen LogP) is 4.34. The number of hydrogen-bond donors (Lipinski definition) is 1. The molecule has 0 aromatic carbocycles. The number of rotatable bonds is 8. The van der Waals surface area contributed by atoms with Crippen molar-refractivity contribution >= 4 is 17.8 Å². The largest absolute Gasteiger partial charge is 0.325 e. The van der Waals surface area contributed by atoms with E-state index in [4.69, 9.17) is 0 Å². The molecule has 4 heteroatoms. The van der Waals surface area contributed by atoms with Crippen LogP contribution >= 0.6 is 0 Å². The average molecular weight is 333 g/mol. The van der Waals surface area contributed by atoms with Crippen molar-refractivity contribution in [2.75, 3.05) is 0 Å². The second-order valence-corrected chi connectivity index (χ2v) is 16.1. The first-order valence-corrected chi connectivity index (χ1v) is 14.2. The molecule has 0 rings (SSSR count). The highest BCUT2D eigenvalue weighted by Gasteiger charge is 2.16. The maximum absolute atomic E-state index is 3.31. The minimum Gasteiger partial charge on any atom is -0.325 e. The quantitative estimate of drug-likeness (QED) is 0.665. The monoisotopic (exact) mass is 332 g/mol. The van der Waals surface area contributed by atoms with Gasteiger partial charge in [0.1, 0.15) is 0 Å². The van der Waals surface area contributed by atoms with Crippen molar-refractivity contribution in [2.45, 2.75) is 111 Å². The second kappa shape index (κ2) is 11.9. The van der Waals surface area contributed by atoms with Crippen LogP contribution in [0, 0.1) is 0 Å². The normalized spacial score (nSPS) is 13.1. The second-order valence-electron chi connectivity index (χ2n) is 8.57. The molecule has 0 bridgehead atoms. The summed E-state index contributed by atoms with van der Waals surface area (Å²) in [5, 5.41) is 3.31. The van der Waals surface area contributed by atoms with Gasteiger partial charge >= 0.3 is 0 Å². The van der Waals surface area contributed by atoms with Gasteiger partial charge in [0.2, 0.25) is 0 Å². The third kappa shape index (κ3) is 18.3. The van der Waals surface area contributed by atoms with Crippen LogP contribution in [0.2, 0.25) is 31.7 Å². The van der Waals surface area contributed by atoms with E-state index in [0.717, 1.165) is 12.1 Å². The lowest BCUT2D eigenvalue weighted by Crippen LogP contribution is -2.40. The molecule has 0 atom stereocenters. The molecule has 0 aliphatic rings. The molecule has 0 aromatic heterocycles. The predicted molar refractivity (Wildman–Crippen MR) is 107 cm³/mol. The molecule has 0 spiro atoms. The van der Waals surface area contributed by atoms with Gasteiger partial charge in [-0.1, -0.05) is 87.1 Å². The van der Waals surface area contributed by atoms with E-state index in [-0.39, 0.29) is 9.68 Å². The van der Waals surface area contributed by atoms with Crippen LogP contribution in [0.1, 0.15) is 55.4 Å². The van der Waals surface area contributed by atoms with Gasteiger partial charge in [0, 0.05) is 20.2 Å². The zero-order valence-electron chi connectivity index (χ0n) is 16.9. The molecule has 0 aliphatic heterocycles. The van der Waals surface area contributed by atoms with E-state index in [0.29, 0.717) is 12.1 Å². The minimum atomic E-state index is -0.786. The summed E-state index contributed by atoms with van der Waals surface area (Å²) >= 11 is 0. The van der Waals surface area contributed by atoms with E-state index in [2.05, 4.69) is 84.9 Å². The van der Waals surface area contributed by atoms with Gasteiger partial charge in [-0.2, -0.15) is 0 Å². The van der Waals surface area contributed by atoms with E-state index >= 15 is 0 Å². The molecule has 130 valence electrons. The molecular formula is C17H44N2Si2. The van der Waals surface area contributed by atoms with Gasteiger partial charge in [0.15, 0.2) is 0 Å². The maximum atomic E-state index is 3.31. The SMILES string of the molecule is CC(C)N([SiH2]CC[Si](C)(C)C)C(C)C.CC(C)NC(C)C. The lowest BCUT2D eigenvalue weighted by atomic mass is 10.3. The lowest BCUT2D eigenvalue weighted by molar-refractivity contribution is 0.311. The molecule has 0 radical (unpaired) electrons. The summed E-state index contributed by atoms with van der Waals surface area (Å²) in [6.07, 6.45) is 0. The Labute approximate surface area is 139 Å². The van der Waals surface area contributed by atoms with Crippen LogP contribution in [0.5, 0.6) is 0 Å². The molecule has 2 nitrogen and oxygen atoms in total. The Morgan fingerprint density at radius 3 is 1.38 bits per heavy atom. The summed E-state index contributed by atoms with van der Waals surface area (Å²) in [5.41, 5.74) is 0. The van der Waals surface area contributed by atoms with Gasteiger partial charge in [-0.05, 0) is 12.1 Å². The van der Waals surface area contributed by atoms with Crippen LogP contribution in [-0.2, 0) is 0 Å². The summed E-state index contributed by atoms with van der Waals surface area (Å²) < 4.78 is 2.74. The van der Waals surface area contributed by atoms with Crippen molar-refractivity contribution in [1.82, 2.24) is 9.88 Å². The van der Waals surface area contributed by atoms with E-state index in [9.17, 15) is 0 Å². The standard InChI is InChI=1S/C11H29NSi2.C6H15N/c1-10(2)12(11(3)4)13-8-9-14(5,6)7;1-5(2)7-6(3)4/h10-11H,8-9,13H2,1-7H3;5-7H,1-4H3. The third-order valence-electron chi connectivity index (χ3n) is 3.34. The molecular weight excluding hydrogens is 288 g/mol. The van der Waals surface area contributed by atoms with Crippen molar-refractivity contribution in [3.05, 3.63) is 0 Å². The Balaban J connectivity index is 0. The molecule has 21 heavy (non-hydrogen) atoms. The van der Waals surface area contributed by atoms with Crippen molar-refractivity contribution in [2.24, 2.45) is 0 Å². The van der Waals surface area contributed by atoms with Gasteiger partial charge in [-0.3, -0.25) is 0 Å². The van der Waals surface area contributed by atoms with Gasteiger partial charge in [-0.25, -0.2) is 0 Å². The summed E-state index contributed by atoms with van der Waals surface area (Å²) in [5.74, 6) is 0. The Morgan fingerprint density at radius 2 is 1.19 bits per heavy atom. The van der Waals surface area contributed by atoms with Gasteiger partial charge in [0.05, 0.1) is 9.68 Å². The Kier molecular flexibility index (Phi) is 13.3. The molecule has 0 aromatic rings. The number of nitrogens with one attached hydrogen (secondary N) is 1. The van der Waals surface area contributed by atoms with E-state index < -0.39 is 8.07 Å². The zero-order valence-corrected chi connectivity index (χ0v) is 19.3. The molecule has 0 unspecified atom stereocenters. The van der Waals surface area contributed by atoms with Crippen molar-refractivity contribution in [3.63, 3.8) is 0 Å². The highest BCUT2D eigenvalue weighted by Crippen LogP contribution is 2.13. The highest BCUT2D eigenvalue weighted by molar-refractivity contribution is 6.76. The van der Waals surface area contributed by atoms with Crippen LogP contribution in [0.3, 0.4) is 0 Å². The Hall–Kier alpha value is 0.354. The first kappa shape index (κ1) is 23.6. The van der Waals surface area contributed by atoms with E-state index in [1.54, 1.807) is 0 Å². The number of hydrogen-bond acceptors (Lipinski definition) is 2. The van der Waals surface area contributed by atoms with E-state index in [1.807, 2.05) is 0 Å².